The van der Waals surface area contributed by atoms with Crippen LogP contribution in [0.5, 0.6) is 0 Å². The average Bonchev–Trinajstić information content (AvgIpc) is 3.22. The van der Waals surface area contributed by atoms with E-state index in [2.05, 4.69) is 36.6 Å². The standard InChI is InChI=1S/C16H19N7OS/c1-10-13(25-21-20-10)15(24)23-8-4-11-12(5-9-23)18-16(17)19-14(11)22-6-2-3-7-22/h2-3H,4-9H2,1H3,(H2,17,18,19). The van der Waals surface area contributed by atoms with Crippen molar-refractivity contribution in [2.45, 2.75) is 19.8 Å². The van der Waals surface area contributed by atoms with Crippen LogP contribution in [0.25, 0.3) is 0 Å². The van der Waals surface area contributed by atoms with Gasteiger partial charge in [0.25, 0.3) is 5.91 Å². The molecule has 0 spiro atoms. The Hall–Kier alpha value is -2.55. The number of amides is 1. The first-order chi connectivity index (χ1) is 12.1. The number of aryl methyl sites for hydroxylation is 1. The lowest BCUT2D eigenvalue weighted by molar-refractivity contribution is 0.0767. The smallest absolute Gasteiger partial charge is 0.267 e. The lowest BCUT2D eigenvalue weighted by atomic mass is 10.1. The van der Waals surface area contributed by atoms with Crippen LogP contribution in [0.1, 0.15) is 26.6 Å². The summed E-state index contributed by atoms with van der Waals surface area (Å²) in [5.41, 5.74) is 8.66. The van der Waals surface area contributed by atoms with E-state index in [4.69, 9.17) is 5.73 Å². The summed E-state index contributed by atoms with van der Waals surface area (Å²) in [7, 11) is 0. The van der Waals surface area contributed by atoms with Crippen molar-refractivity contribution in [3.63, 3.8) is 0 Å². The van der Waals surface area contributed by atoms with Crippen molar-refractivity contribution < 1.29 is 4.79 Å². The summed E-state index contributed by atoms with van der Waals surface area (Å²) in [5.74, 6) is 1.19. The van der Waals surface area contributed by atoms with Crippen LogP contribution in [0, 0.1) is 6.92 Å². The van der Waals surface area contributed by atoms with Gasteiger partial charge in [-0.15, -0.1) is 5.10 Å². The van der Waals surface area contributed by atoms with Crippen LogP contribution in [0.3, 0.4) is 0 Å². The molecule has 4 heterocycles. The van der Waals surface area contributed by atoms with Gasteiger partial charge in [0, 0.05) is 38.2 Å². The van der Waals surface area contributed by atoms with Gasteiger partial charge in [0.1, 0.15) is 10.7 Å². The van der Waals surface area contributed by atoms with Crippen molar-refractivity contribution in [3.05, 3.63) is 34.0 Å². The molecule has 0 fully saturated rings. The molecule has 2 N–H and O–H groups in total. The van der Waals surface area contributed by atoms with Gasteiger partial charge in [0.2, 0.25) is 5.95 Å². The highest BCUT2D eigenvalue weighted by Crippen LogP contribution is 2.27. The van der Waals surface area contributed by atoms with E-state index in [9.17, 15) is 4.79 Å². The molecule has 0 bridgehead atoms. The first-order valence-electron chi connectivity index (χ1n) is 8.27. The molecule has 8 nitrogen and oxygen atoms in total. The van der Waals surface area contributed by atoms with E-state index in [1.807, 2.05) is 11.8 Å². The summed E-state index contributed by atoms with van der Waals surface area (Å²) in [6.07, 6.45) is 5.64. The van der Waals surface area contributed by atoms with Gasteiger partial charge in [-0.05, 0) is 24.9 Å². The molecule has 0 saturated heterocycles. The number of rotatable bonds is 2. The minimum atomic E-state index is -0.00868. The maximum absolute atomic E-state index is 12.8. The fourth-order valence-corrected chi connectivity index (χ4v) is 3.91. The lowest BCUT2D eigenvalue weighted by Gasteiger charge is -2.21. The molecule has 0 unspecified atom stereocenters. The highest BCUT2D eigenvalue weighted by Gasteiger charge is 2.27. The summed E-state index contributed by atoms with van der Waals surface area (Å²) in [6, 6.07) is 0. The largest absolute Gasteiger partial charge is 0.368 e. The minimum Gasteiger partial charge on any atom is -0.368 e. The molecule has 2 aliphatic heterocycles. The van der Waals surface area contributed by atoms with E-state index in [1.54, 1.807) is 0 Å². The number of carbonyl (C=O) groups excluding carboxylic acids is 1. The van der Waals surface area contributed by atoms with Crippen molar-refractivity contribution in [3.8, 4) is 0 Å². The highest BCUT2D eigenvalue weighted by molar-refractivity contribution is 7.07. The predicted octanol–water partition coefficient (Wildman–Crippen LogP) is 0.836. The SMILES string of the molecule is Cc1nnsc1C(=O)N1CCc2nc(N)nc(N3CC=CC3)c2CC1. The molecule has 9 heteroatoms. The Kier molecular flexibility index (Phi) is 4.08. The van der Waals surface area contributed by atoms with Crippen LogP contribution in [0.4, 0.5) is 11.8 Å². The second-order valence-electron chi connectivity index (χ2n) is 6.19. The Morgan fingerprint density at radius 2 is 1.96 bits per heavy atom. The number of hydrogen-bond donors (Lipinski definition) is 1. The van der Waals surface area contributed by atoms with Gasteiger partial charge in [0.05, 0.1) is 11.4 Å². The average molecular weight is 357 g/mol. The Balaban J connectivity index is 1.60. The van der Waals surface area contributed by atoms with Gasteiger partial charge in [-0.2, -0.15) is 4.98 Å². The van der Waals surface area contributed by atoms with Crippen molar-refractivity contribution in [2.24, 2.45) is 0 Å². The number of aromatic nitrogens is 4. The summed E-state index contributed by atoms with van der Waals surface area (Å²) < 4.78 is 3.87. The number of carbonyl (C=O) groups is 1. The van der Waals surface area contributed by atoms with Crippen LogP contribution >= 0.6 is 11.5 Å². The van der Waals surface area contributed by atoms with Crippen molar-refractivity contribution in [1.82, 2.24) is 24.5 Å². The van der Waals surface area contributed by atoms with E-state index >= 15 is 0 Å². The Morgan fingerprint density at radius 3 is 2.68 bits per heavy atom. The number of nitrogen functional groups attached to an aromatic ring is 1. The quantitative estimate of drug-likeness (QED) is 0.795. The fraction of sp³-hybridized carbons (Fsp3) is 0.438. The van der Waals surface area contributed by atoms with Gasteiger partial charge in [0.15, 0.2) is 0 Å². The molecule has 25 heavy (non-hydrogen) atoms. The fourth-order valence-electron chi connectivity index (χ4n) is 3.29. The molecule has 0 atom stereocenters. The van der Waals surface area contributed by atoms with Gasteiger partial charge < -0.3 is 15.5 Å². The first-order valence-corrected chi connectivity index (χ1v) is 9.04. The molecule has 0 aliphatic carbocycles. The number of nitrogens with two attached hydrogens (primary N) is 1. The Bertz CT molecular complexity index is 839. The Labute approximate surface area is 149 Å². The molecule has 0 radical (unpaired) electrons. The van der Waals surface area contributed by atoms with Crippen LogP contribution in [0.15, 0.2) is 12.2 Å². The molecule has 2 aromatic rings. The molecule has 2 aliphatic rings. The van der Waals surface area contributed by atoms with E-state index in [-0.39, 0.29) is 5.91 Å². The second kappa shape index (κ2) is 6.40. The molecule has 4 rings (SSSR count). The maximum atomic E-state index is 12.8. The van der Waals surface area contributed by atoms with Crippen molar-refractivity contribution in [1.29, 1.82) is 0 Å². The van der Waals surface area contributed by atoms with Crippen LogP contribution < -0.4 is 10.6 Å². The topological polar surface area (TPSA) is 101 Å². The number of hydrogen-bond acceptors (Lipinski definition) is 8. The number of fused-ring (bicyclic) bond motifs is 1. The predicted molar refractivity (Wildman–Crippen MR) is 95.8 cm³/mol. The third kappa shape index (κ3) is 2.95. The normalized spacial score (nSPS) is 16.8. The zero-order chi connectivity index (χ0) is 17.4. The summed E-state index contributed by atoms with van der Waals surface area (Å²) in [6.45, 7) is 4.71. The monoisotopic (exact) mass is 357 g/mol. The van der Waals surface area contributed by atoms with Crippen molar-refractivity contribution in [2.75, 3.05) is 36.8 Å². The number of anilines is 2. The summed E-state index contributed by atoms with van der Waals surface area (Å²) in [5, 5.41) is 3.94. The van der Waals surface area contributed by atoms with Gasteiger partial charge in [-0.25, -0.2) is 4.98 Å². The second-order valence-corrected chi connectivity index (χ2v) is 6.94. The van der Waals surface area contributed by atoms with E-state index in [1.165, 1.54) is 0 Å². The van der Waals surface area contributed by atoms with Crippen LogP contribution in [-0.4, -0.2) is 56.5 Å². The van der Waals surface area contributed by atoms with Gasteiger partial charge >= 0.3 is 0 Å². The van der Waals surface area contributed by atoms with Crippen LogP contribution in [0.2, 0.25) is 0 Å². The van der Waals surface area contributed by atoms with E-state index in [0.717, 1.165) is 48.1 Å². The molecule has 0 aromatic carbocycles. The molecule has 0 saturated carbocycles. The van der Waals surface area contributed by atoms with E-state index < -0.39 is 0 Å². The summed E-state index contributed by atoms with van der Waals surface area (Å²) in [4.78, 5) is 26.3. The zero-order valence-electron chi connectivity index (χ0n) is 14.0. The minimum absolute atomic E-state index is 0.00868. The van der Waals surface area contributed by atoms with Gasteiger partial charge in [-0.3, -0.25) is 4.79 Å². The summed E-state index contributed by atoms with van der Waals surface area (Å²) >= 11 is 1.15. The molecule has 1 amide bonds. The highest BCUT2D eigenvalue weighted by atomic mass is 32.1. The first kappa shape index (κ1) is 15.9. The lowest BCUT2D eigenvalue weighted by Crippen LogP contribution is -2.33. The third-order valence-electron chi connectivity index (χ3n) is 4.59. The number of nitrogens with zero attached hydrogens (tertiary/aromatic N) is 6. The van der Waals surface area contributed by atoms with Crippen molar-refractivity contribution >= 4 is 29.2 Å². The van der Waals surface area contributed by atoms with Gasteiger partial charge in [-0.1, -0.05) is 16.6 Å². The van der Waals surface area contributed by atoms with E-state index in [0.29, 0.717) is 36.0 Å². The Morgan fingerprint density at radius 1 is 1.20 bits per heavy atom. The molecule has 130 valence electrons. The molecular weight excluding hydrogens is 338 g/mol. The van der Waals surface area contributed by atoms with Crippen LogP contribution in [-0.2, 0) is 12.8 Å². The molecule has 2 aromatic heterocycles. The maximum Gasteiger partial charge on any atom is 0.267 e. The zero-order valence-corrected chi connectivity index (χ0v) is 14.8. The third-order valence-corrected chi connectivity index (χ3v) is 5.41. The molecular formula is C16H19N7OS.